The highest BCUT2D eigenvalue weighted by Crippen LogP contribution is 2.19. The van der Waals surface area contributed by atoms with Crippen molar-refractivity contribution in [3.05, 3.63) is 0 Å². The van der Waals surface area contributed by atoms with E-state index < -0.39 is 0 Å². The average Bonchev–Trinajstić information content (AvgIpc) is 2.38. The number of esters is 1. The second-order valence-electron chi connectivity index (χ2n) is 6.16. The van der Waals surface area contributed by atoms with Gasteiger partial charge in [-0.05, 0) is 40.8 Å². The van der Waals surface area contributed by atoms with E-state index in [-0.39, 0.29) is 17.6 Å². The fraction of sp³-hybridized carbons (Fsp3) is 0.933. The first kappa shape index (κ1) is 17.4. The summed E-state index contributed by atoms with van der Waals surface area (Å²) < 4.78 is 5.13. The molecule has 0 aliphatic carbocycles. The smallest absolute Gasteiger partial charge is 0.323 e. The van der Waals surface area contributed by atoms with Crippen LogP contribution in [-0.2, 0) is 9.53 Å². The number of likely N-dealkylation sites (N-methyl/N-ethyl adjacent to an activating group) is 2. The van der Waals surface area contributed by atoms with Crippen LogP contribution >= 0.6 is 0 Å². The summed E-state index contributed by atoms with van der Waals surface area (Å²) in [5.41, 5.74) is 0.204. The average molecular weight is 285 g/mol. The number of hydrogen-bond acceptors (Lipinski definition) is 5. The van der Waals surface area contributed by atoms with Crippen LogP contribution in [0.4, 0.5) is 0 Å². The van der Waals surface area contributed by atoms with Gasteiger partial charge in [0.05, 0.1) is 6.61 Å². The maximum atomic E-state index is 11.9. The normalized spacial score (nSPS) is 21.6. The largest absolute Gasteiger partial charge is 0.465 e. The molecule has 1 fully saturated rings. The van der Waals surface area contributed by atoms with Crippen molar-refractivity contribution in [1.29, 1.82) is 0 Å². The van der Waals surface area contributed by atoms with Gasteiger partial charge < -0.3 is 15.0 Å². The number of nitrogens with one attached hydrogen (secondary N) is 1. The molecular formula is C15H31N3O2. The van der Waals surface area contributed by atoms with E-state index in [0.717, 1.165) is 39.1 Å². The molecule has 1 atom stereocenters. The van der Waals surface area contributed by atoms with Crippen molar-refractivity contribution in [3.63, 3.8) is 0 Å². The number of ether oxygens (including phenoxy) is 1. The van der Waals surface area contributed by atoms with Crippen LogP contribution in [0.3, 0.4) is 0 Å². The van der Waals surface area contributed by atoms with Gasteiger partial charge in [0, 0.05) is 31.7 Å². The molecule has 0 spiro atoms. The molecule has 1 unspecified atom stereocenters. The fourth-order valence-corrected chi connectivity index (χ4v) is 2.64. The monoisotopic (exact) mass is 285 g/mol. The quantitative estimate of drug-likeness (QED) is 0.706. The topological polar surface area (TPSA) is 44.8 Å². The lowest BCUT2D eigenvalue weighted by Crippen LogP contribution is -2.58. The van der Waals surface area contributed by atoms with E-state index in [4.69, 9.17) is 4.74 Å². The van der Waals surface area contributed by atoms with Crippen LogP contribution in [0.5, 0.6) is 0 Å². The molecule has 0 saturated carbocycles. The molecule has 1 aliphatic rings. The Morgan fingerprint density at radius 3 is 2.60 bits per heavy atom. The Labute approximate surface area is 123 Å². The number of rotatable bonds is 7. The minimum absolute atomic E-state index is 0.122. The van der Waals surface area contributed by atoms with Crippen molar-refractivity contribution in [2.24, 2.45) is 0 Å². The standard InChI is InChI=1S/C15H31N3O2/c1-6-16-13(14(19)20-7-2)8-9-18-11-10-17(5)15(3,4)12-18/h13,16H,6-12H2,1-5H3. The zero-order valence-corrected chi connectivity index (χ0v) is 13.7. The molecule has 0 aromatic rings. The summed E-state index contributed by atoms with van der Waals surface area (Å²) in [5.74, 6) is -0.122. The molecule has 0 aromatic carbocycles. The van der Waals surface area contributed by atoms with Gasteiger partial charge >= 0.3 is 5.97 Å². The van der Waals surface area contributed by atoms with Gasteiger partial charge in [0.25, 0.3) is 0 Å². The first-order chi connectivity index (χ1) is 9.40. The summed E-state index contributed by atoms with van der Waals surface area (Å²) in [5, 5.41) is 3.22. The molecular weight excluding hydrogens is 254 g/mol. The van der Waals surface area contributed by atoms with Crippen molar-refractivity contribution >= 4 is 5.97 Å². The van der Waals surface area contributed by atoms with Crippen molar-refractivity contribution in [3.8, 4) is 0 Å². The first-order valence-corrected chi connectivity index (χ1v) is 7.74. The third-order valence-corrected chi connectivity index (χ3v) is 4.15. The Morgan fingerprint density at radius 1 is 1.35 bits per heavy atom. The molecule has 1 heterocycles. The minimum atomic E-state index is -0.178. The van der Waals surface area contributed by atoms with E-state index in [0.29, 0.717) is 6.61 Å². The minimum Gasteiger partial charge on any atom is -0.465 e. The Kier molecular flexibility index (Phi) is 6.92. The van der Waals surface area contributed by atoms with Crippen molar-refractivity contribution < 1.29 is 9.53 Å². The van der Waals surface area contributed by atoms with E-state index in [1.165, 1.54) is 0 Å². The van der Waals surface area contributed by atoms with Crippen molar-refractivity contribution in [1.82, 2.24) is 15.1 Å². The van der Waals surface area contributed by atoms with Gasteiger partial charge in [-0.3, -0.25) is 9.69 Å². The Morgan fingerprint density at radius 2 is 2.05 bits per heavy atom. The van der Waals surface area contributed by atoms with Crippen LogP contribution in [0.25, 0.3) is 0 Å². The van der Waals surface area contributed by atoms with Gasteiger partial charge in [-0.1, -0.05) is 6.92 Å². The van der Waals surface area contributed by atoms with E-state index >= 15 is 0 Å². The number of carbonyl (C=O) groups excluding carboxylic acids is 1. The van der Waals surface area contributed by atoms with Gasteiger partial charge in [-0.25, -0.2) is 0 Å². The lowest BCUT2D eigenvalue weighted by Gasteiger charge is -2.45. The molecule has 1 N–H and O–H groups in total. The van der Waals surface area contributed by atoms with E-state index in [2.05, 4.69) is 36.0 Å². The molecule has 0 aromatic heterocycles. The van der Waals surface area contributed by atoms with Crippen LogP contribution in [-0.4, -0.2) is 73.7 Å². The predicted octanol–water partition coefficient (Wildman–Crippen LogP) is 0.944. The van der Waals surface area contributed by atoms with E-state index in [1.807, 2.05) is 13.8 Å². The van der Waals surface area contributed by atoms with Gasteiger partial charge in [0.2, 0.25) is 0 Å². The van der Waals surface area contributed by atoms with Gasteiger partial charge in [0.15, 0.2) is 0 Å². The Bertz CT molecular complexity index is 307. The molecule has 0 bridgehead atoms. The first-order valence-electron chi connectivity index (χ1n) is 7.74. The Hall–Kier alpha value is -0.650. The molecule has 1 saturated heterocycles. The number of nitrogens with zero attached hydrogens (tertiary/aromatic N) is 2. The van der Waals surface area contributed by atoms with Gasteiger partial charge in [-0.2, -0.15) is 0 Å². The highest BCUT2D eigenvalue weighted by atomic mass is 16.5. The molecule has 5 heteroatoms. The second-order valence-corrected chi connectivity index (χ2v) is 6.16. The van der Waals surface area contributed by atoms with Crippen LogP contribution in [0.1, 0.15) is 34.1 Å². The second kappa shape index (κ2) is 7.96. The maximum absolute atomic E-state index is 11.9. The highest BCUT2D eigenvalue weighted by molar-refractivity contribution is 5.75. The summed E-state index contributed by atoms with van der Waals surface area (Å²) in [6.07, 6.45) is 0.812. The van der Waals surface area contributed by atoms with E-state index in [9.17, 15) is 4.79 Å². The van der Waals surface area contributed by atoms with Crippen LogP contribution < -0.4 is 5.32 Å². The Balaban J connectivity index is 2.45. The molecule has 5 nitrogen and oxygen atoms in total. The SMILES string of the molecule is CCNC(CCN1CCN(C)C(C)(C)C1)C(=O)OCC. The van der Waals surface area contributed by atoms with E-state index in [1.54, 1.807) is 0 Å². The van der Waals surface area contributed by atoms with Gasteiger partial charge in [-0.15, -0.1) is 0 Å². The third kappa shape index (κ3) is 5.04. The summed E-state index contributed by atoms with van der Waals surface area (Å²) in [4.78, 5) is 16.7. The summed E-state index contributed by atoms with van der Waals surface area (Å²) in [6.45, 7) is 13.8. The molecule has 1 rings (SSSR count). The fourth-order valence-electron chi connectivity index (χ4n) is 2.64. The summed E-state index contributed by atoms with van der Waals surface area (Å²) in [7, 11) is 2.18. The number of piperazine rings is 1. The maximum Gasteiger partial charge on any atom is 0.323 e. The van der Waals surface area contributed by atoms with Crippen LogP contribution in [0.2, 0.25) is 0 Å². The van der Waals surface area contributed by atoms with Crippen molar-refractivity contribution in [2.45, 2.75) is 45.7 Å². The molecule has 0 radical (unpaired) electrons. The van der Waals surface area contributed by atoms with Crippen molar-refractivity contribution in [2.75, 3.05) is 46.4 Å². The molecule has 1 aliphatic heterocycles. The lowest BCUT2D eigenvalue weighted by atomic mass is 9.99. The predicted molar refractivity (Wildman–Crippen MR) is 81.9 cm³/mol. The lowest BCUT2D eigenvalue weighted by molar-refractivity contribution is -0.146. The zero-order valence-electron chi connectivity index (χ0n) is 13.7. The highest BCUT2D eigenvalue weighted by Gasteiger charge is 2.31. The number of carbonyl (C=O) groups is 1. The molecule has 118 valence electrons. The summed E-state index contributed by atoms with van der Waals surface area (Å²) in [6, 6.07) is -0.178. The molecule has 20 heavy (non-hydrogen) atoms. The number of hydrogen-bond donors (Lipinski definition) is 1. The zero-order chi connectivity index (χ0) is 15.2. The molecule has 0 amide bonds. The van der Waals surface area contributed by atoms with Crippen LogP contribution in [0, 0.1) is 0 Å². The van der Waals surface area contributed by atoms with Gasteiger partial charge in [0.1, 0.15) is 6.04 Å². The van der Waals surface area contributed by atoms with Crippen LogP contribution in [0.15, 0.2) is 0 Å². The summed E-state index contributed by atoms with van der Waals surface area (Å²) >= 11 is 0. The third-order valence-electron chi connectivity index (χ3n) is 4.15.